The van der Waals surface area contributed by atoms with Crippen molar-refractivity contribution in [3.63, 3.8) is 0 Å². The summed E-state index contributed by atoms with van der Waals surface area (Å²) in [4.78, 5) is 25.8. The van der Waals surface area contributed by atoms with Gasteiger partial charge < -0.3 is 15.2 Å². The van der Waals surface area contributed by atoms with Gasteiger partial charge in [0.25, 0.3) is 0 Å². The zero-order chi connectivity index (χ0) is 16.8. The molecule has 0 radical (unpaired) electrons. The zero-order valence-electron chi connectivity index (χ0n) is 11.4. The van der Waals surface area contributed by atoms with Crippen LogP contribution in [0.15, 0.2) is 23.4 Å². The van der Waals surface area contributed by atoms with Gasteiger partial charge in [-0.05, 0) is 12.1 Å². The van der Waals surface area contributed by atoms with E-state index in [1.165, 1.54) is 7.11 Å². The van der Waals surface area contributed by atoms with Crippen molar-refractivity contribution in [2.24, 2.45) is 0 Å². The van der Waals surface area contributed by atoms with Gasteiger partial charge in [-0.25, -0.2) is 9.78 Å². The Hall–Kier alpha value is -1.81. The van der Waals surface area contributed by atoms with E-state index in [0.29, 0.717) is 6.20 Å². The van der Waals surface area contributed by atoms with Gasteiger partial charge in [-0.1, -0.05) is 11.8 Å². The third kappa shape index (κ3) is 5.90. The van der Waals surface area contributed by atoms with Crippen LogP contribution in [0.5, 0.6) is 0 Å². The summed E-state index contributed by atoms with van der Waals surface area (Å²) >= 11 is 0.937. The molecular formula is C12H13F3N2O4S. The average Bonchev–Trinajstić information content (AvgIpc) is 2.45. The van der Waals surface area contributed by atoms with Crippen LogP contribution >= 0.6 is 11.8 Å². The fraction of sp³-hybridized carbons (Fsp3) is 0.417. The predicted octanol–water partition coefficient (Wildman–Crippen LogP) is 1.41. The van der Waals surface area contributed by atoms with E-state index in [2.05, 4.69) is 15.0 Å². The van der Waals surface area contributed by atoms with Crippen LogP contribution in [0.25, 0.3) is 0 Å². The van der Waals surface area contributed by atoms with Crippen molar-refractivity contribution in [2.45, 2.75) is 17.3 Å². The van der Waals surface area contributed by atoms with E-state index in [0.717, 1.165) is 23.9 Å². The van der Waals surface area contributed by atoms with Gasteiger partial charge >= 0.3 is 12.1 Å². The summed E-state index contributed by atoms with van der Waals surface area (Å²) in [6.45, 7) is -0.203. The van der Waals surface area contributed by atoms with E-state index in [4.69, 9.17) is 5.11 Å². The van der Waals surface area contributed by atoms with E-state index in [1.54, 1.807) is 0 Å². The Morgan fingerprint density at radius 2 is 2.14 bits per heavy atom. The molecule has 1 aromatic rings. The molecule has 1 rings (SSSR count). The minimum absolute atomic E-state index is 0.103. The molecule has 1 heterocycles. The van der Waals surface area contributed by atoms with Crippen LogP contribution in [0.4, 0.5) is 13.2 Å². The lowest BCUT2D eigenvalue weighted by Crippen LogP contribution is -2.38. The van der Waals surface area contributed by atoms with Crippen molar-refractivity contribution in [1.82, 2.24) is 10.3 Å². The molecule has 0 saturated heterocycles. The molecule has 1 amide bonds. The first kappa shape index (κ1) is 18.2. The number of ether oxygens (including phenoxy) is 1. The first-order chi connectivity index (χ1) is 10.2. The Morgan fingerprint density at radius 3 is 2.59 bits per heavy atom. The van der Waals surface area contributed by atoms with Gasteiger partial charge in [-0.15, -0.1) is 0 Å². The topological polar surface area (TPSA) is 88.5 Å². The maximum atomic E-state index is 12.3. The van der Waals surface area contributed by atoms with Gasteiger partial charge in [0.1, 0.15) is 0 Å². The lowest BCUT2D eigenvalue weighted by molar-refractivity contribution is -0.148. The molecule has 1 unspecified atom stereocenters. The summed E-state index contributed by atoms with van der Waals surface area (Å²) in [6.07, 6.45) is -4.93. The first-order valence-corrected chi connectivity index (χ1v) is 6.91. The number of halogens is 3. The second kappa shape index (κ2) is 7.99. The summed E-state index contributed by atoms with van der Waals surface area (Å²) in [7, 11) is 1.20. The van der Waals surface area contributed by atoms with Crippen molar-refractivity contribution in [3.05, 3.63) is 23.9 Å². The van der Waals surface area contributed by atoms with Crippen molar-refractivity contribution in [3.8, 4) is 0 Å². The number of aromatic nitrogens is 1. The Kier molecular flexibility index (Phi) is 6.62. The molecule has 10 heteroatoms. The Balaban J connectivity index is 2.43. The number of methoxy groups -OCH3 is 1. The summed E-state index contributed by atoms with van der Waals surface area (Å²) in [5.41, 5.74) is -0.870. The zero-order valence-corrected chi connectivity index (χ0v) is 12.2. The minimum atomic E-state index is -4.46. The van der Waals surface area contributed by atoms with Crippen LogP contribution in [-0.4, -0.2) is 47.5 Å². The van der Waals surface area contributed by atoms with Gasteiger partial charge in [-0.3, -0.25) is 4.79 Å². The number of carboxylic acid groups (broad SMARTS) is 1. The molecule has 0 fully saturated rings. The van der Waals surface area contributed by atoms with Crippen LogP contribution in [-0.2, 0) is 20.5 Å². The molecule has 22 heavy (non-hydrogen) atoms. The maximum Gasteiger partial charge on any atom is 0.417 e. The number of nitrogens with zero attached hydrogens (tertiary/aromatic N) is 1. The van der Waals surface area contributed by atoms with E-state index >= 15 is 0 Å². The van der Waals surface area contributed by atoms with Crippen LogP contribution in [0.1, 0.15) is 5.56 Å². The molecule has 0 aliphatic rings. The highest BCUT2D eigenvalue weighted by Crippen LogP contribution is 2.29. The predicted molar refractivity (Wildman–Crippen MR) is 71.4 cm³/mol. The van der Waals surface area contributed by atoms with E-state index in [1.807, 2.05) is 0 Å². The SMILES string of the molecule is COC(CNC(=O)CSc1ccc(C(F)(F)F)cn1)C(=O)O. The number of amides is 1. The standard InChI is InChI=1S/C12H13F3N2O4S/c1-21-8(11(19)20)5-16-9(18)6-22-10-3-2-7(4-17-10)12(13,14)15/h2-4,8H,5-6H2,1H3,(H,16,18)(H,19,20). The lowest BCUT2D eigenvalue weighted by Gasteiger charge is -2.11. The molecule has 0 aromatic carbocycles. The van der Waals surface area contributed by atoms with Crippen LogP contribution in [0, 0.1) is 0 Å². The smallest absolute Gasteiger partial charge is 0.417 e. The monoisotopic (exact) mass is 338 g/mol. The van der Waals surface area contributed by atoms with Gasteiger partial charge in [0, 0.05) is 13.3 Å². The van der Waals surface area contributed by atoms with Gasteiger partial charge in [0.15, 0.2) is 6.10 Å². The molecule has 1 atom stereocenters. The van der Waals surface area contributed by atoms with Crippen LogP contribution in [0.3, 0.4) is 0 Å². The fourth-order valence-corrected chi connectivity index (χ4v) is 1.97. The molecule has 2 N–H and O–H groups in total. The number of thioether (sulfide) groups is 1. The third-order valence-corrected chi connectivity index (χ3v) is 3.40. The summed E-state index contributed by atoms with van der Waals surface area (Å²) < 4.78 is 41.6. The number of hydrogen-bond acceptors (Lipinski definition) is 5. The summed E-state index contributed by atoms with van der Waals surface area (Å²) in [5, 5.41) is 11.3. The normalized spacial score (nSPS) is 12.7. The number of rotatable bonds is 7. The lowest BCUT2D eigenvalue weighted by atomic mass is 10.3. The molecule has 0 aliphatic heterocycles. The maximum absolute atomic E-state index is 12.3. The van der Waals surface area contributed by atoms with Crippen molar-refractivity contribution in [2.75, 3.05) is 19.4 Å². The number of carbonyl (C=O) groups excluding carboxylic acids is 1. The Labute approximate surface area is 128 Å². The number of aliphatic carboxylic acids is 1. The van der Waals surface area contributed by atoms with Crippen LogP contribution in [0.2, 0.25) is 0 Å². The third-order valence-electron chi connectivity index (χ3n) is 2.46. The second-order valence-corrected chi connectivity index (χ2v) is 5.03. The average molecular weight is 338 g/mol. The highest BCUT2D eigenvalue weighted by Gasteiger charge is 2.30. The van der Waals surface area contributed by atoms with Gasteiger partial charge in [-0.2, -0.15) is 13.2 Å². The number of carboxylic acids is 1. The fourth-order valence-electron chi connectivity index (χ4n) is 1.30. The highest BCUT2D eigenvalue weighted by molar-refractivity contribution is 7.99. The van der Waals surface area contributed by atoms with E-state index in [9.17, 15) is 22.8 Å². The van der Waals surface area contributed by atoms with Crippen LogP contribution < -0.4 is 5.32 Å². The summed E-state index contributed by atoms with van der Waals surface area (Å²) in [6, 6.07) is 2.04. The van der Waals surface area contributed by atoms with Crippen molar-refractivity contribution >= 4 is 23.6 Å². The Morgan fingerprint density at radius 1 is 1.45 bits per heavy atom. The quantitative estimate of drug-likeness (QED) is 0.731. The number of carbonyl (C=O) groups is 2. The molecule has 0 saturated carbocycles. The Bertz CT molecular complexity index is 522. The molecule has 122 valence electrons. The van der Waals surface area contributed by atoms with E-state index < -0.39 is 29.7 Å². The van der Waals surface area contributed by atoms with E-state index in [-0.39, 0.29) is 17.3 Å². The van der Waals surface area contributed by atoms with Crippen molar-refractivity contribution in [1.29, 1.82) is 0 Å². The highest BCUT2D eigenvalue weighted by atomic mass is 32.2. The number of alkyl halides is 3. The molecule has 0 bridgehead atoms. The number of nitrogens with one attached hydrogen (secondary N) is 1. The van der Waals surface area contributed by atoms with Gasteiger partial charge in [0.05, 0.1) is 22.9 Å². The minimum Gasteiger partial charge on any atom is -0.479 e. The first-order valence-electron chi connectivity index (χ1n) is 5.92. The second-order valence-electron chi connectivity index (χ2n) is 4.04. The summed E-state index contributed by atoms with van der Waals surface area (Å²) in [5.74, 6) is -1.79. The molecule has 1 aromatic heterocycles. The molecule has 0 aliphatic carbocycles. The molecular weight excluding hydrogens is 325 g/mol. The largest absolute Gasteiger partial charge is 0.479 e. The molecule has 0 spiro atoms. The number of hydrogen-bond donors (Lipinski definition) is 2. The van der Waals surface area contributed by atoms with Gasteiger partial charge in [0.2, 0.25) is 5.91 Å². The molecule has 6 nitrogen and oxygen atoms in total. The number of pyridine rings is 1. The van der Waals surface area contributed by atoms with Crippen molar-refractivity contribution < 1.29 is 32.6 Å².